The largest absolute Gasteiger partial charge is 0.345 e. The zero-order chi connectivity index (χ0) is 9.52. The summed E-state index contributed by atoms with van der Waals surface area (Å²) in [6.07, 6.45) is 2.09. The van der Waals surface area contributed by atoms with Gasteiger partial charge in [0, 0.05) is 6.54 Å². The van der Waals surface area contributed by atoms with Crippen molar-refractivity contribution in [2.24, 2.45) is 5.92 Å². The highest BCUT2D eigenvalue weighted by Gasteiger charge is 2.19. The molecule has 2 N–H and O–H groups in total. The van der Waals surface area contributed by atoms with Crippen molar-refractivity contribution in [2.45, 2.75) is 19.8 Å². The Bertz CT molecular complexity index is 221. The quantitative estimate of drug-likeness (QED) is 0.593. The molecule has 1 fully saturated rings. The van der Waals surface area contributed by atoms with E-state index in [1.54, 1.807) is 6.92 Å². The normalized spacial score (nSPS) is 21.5. The molecule has 0 aromatic rings. The Morgan fingerprint density at radius 1 is 1.69 bits per heavy atom. The first-order valence-corrected chi connectivity index (χ1v) is 4.72. The van der Waals surface area contributed by atoms with Gasteiger partial charge in [-0.25, -0.2) is 0 Å². The molecule has 1 atom stereocenters. The van der Waals surface area contributed by atoms with Gasteiger partial charge < -0.3 is 10.6 Å². The van der Waals surface area contributed by atoms with Crippen LogP contribution in [0, 0.1) is 17.8 Å². The lowest BCUT2D eigenvalue weighted by molar-refractivity contribution is -0.125. The summed E-state index contributed by atoms with van der Waals surface area (Å²) in [5.74, 6) is 5.84. The lowest BCUT2D eigenvalue weighted by atomic mass is 9.99. The standard InChI is InChI=1S/C10H16N2O/c1-2-3-7-12-10(13)9-5-4-6-11-8-9/h9,11H,4-8H2,1H3,(H,12,13)/t9-/m1/s1. The molecule has 0 bridgehead atoms. The van der Waals surface area contributed by atoms with Gasteiger partial charge in [0.15, 0.2) is 0 Å². The van der Waals surface area contributed by atoms with E-state index in [9.17, 15) is 4.79 Å². The van der Waals surface area contributed by atoms with Crippen LogP contribution in [0.2, 0.25) is 0 Å². The van der Waals surface area contributed by atoms with Gasteiger partial charge in [-0.05, 0) is 26.3 Å². The Morgan fingerprint density at radius 2 is 2.54 bits per heavy atom. The summed E-state index contributed by atoms with van der Waals surface area (Å²) in [5.41, 5.74) is 0. The van der Waals surface area contributed by atoms with Gasteiger partial charge in [-0.1, -0.05) is 5.92 Å². The van der Waals surface area contributed by atoms with Crippen LogP contribution in [0.25, 0.3) is 0 Å². The van der Waals surface area contributed by atoms with E-state index in [2.05, 4.69) is 22.5 Å². The van der Waals surface area contributed by atoms with Crippen molar-refractivity contribution in [1.29, 1.82) is 0 Å². The number of carbonyl (C=O) groups excluding carboxylic acids is 1. The van der Waals surface area contributed by atoms with Gasteiger partial charge in [0.1, 0.15) is 0 Å². The van der Waals surface area contributed by atoms with Gasteiger partial charge in [0.25, 0.3) is 0 Å². The summed E-state index contributed by atoms with van der Waals surface area (Å²) in [4.78, 5) is 11.5. The predicted octanol–water partition coefficient (Wildman–Crippen LogP) is 0.126. The van der Waals surface area contributed by atoms with E-state index in [4.69, 9.17) is 0 Å². The Hall–Kier alpha value is -1.01. The van der Waals surface area contributed by atoms with Gasteiger partial charge >= 0.3 is 0 Å². The van der Waals surface area contributed by atoms with Crippen LogP contribution in [0.4, 0.5) is 0 Å². The third-order valence-electron chi connectivity index (χ3n) is 2.20. The Labute approximate surface area is 79.3 Å². The second-order valence-electron chi connectivity index (χ2n) is 3.19. The van der Waals surface area contributed by atoms with Crippen LogP contribution in [0.5, 0.6) is 0 Å². The van der Waals surface area contributed by atoms with Crippen LogP contribution in [0.3, 0.4) is 0 Å². The fourth-order valence-electron chi connectivity index (χ4n) is 1.44. The minimum atomic E-state index is 0.134. The lowest BCUT2D eigenvalue weighted by Crippen LogP contribution is -2.40. The zero-order valence-corrected chi connectivity index (χ0v) is 8.02. The SMILES string of the molecule is CC#CCNC(=O)[C@@H]1CCCNC1. The fraction of sp³-hybridized carbons (Fsp3) is 0.700. The van der Waals surface area contributed by atoms with E-state index in [0.717, 1.165) is 25.9 Å². The maximum absolute atomic E-state index is 11.5. The second-order valence-corrected chi connectivity index (χ2v) is 3.19. The molecule has 13 heavy (non-hydrogen) atoms. The minimum Gasteiger partial charge on any atom is -0.345 e. The van der Waals surface area contributed by atoms with Gasteiger partial charge in [-0.3, -0.25) is 4.79 Å². The lowest BCUT2D eigenvalue weighted by Gasteiger charge is -2.21. The van der Waals surface area contributed by atoms with Crippen LogP contribution >= 0.6 is 0 Å². The van der Waals surface area contributed by atoms with Crippen molar-refractivity contribution in [3.05, 3.63) is 0 Å². The molecule has 1 aliphatic heterocycles. The summed E-state index contributed by atoms with van der Waals surface area (Å²) in [5, 5.41) is 6.01. The molecule has 1 heterocycles. The van der Waals surface area contributed by atoms with Gasteiger partial charge in [-0.15, -0.1) is 5.92 Å². The van der Waals surface area contributed by atoms with Gasteiger partial charge in [0.2, 0.25) is 5.91 Å². The van der Waals surface area contributed by atoms with E-state index in [1.807, 2.05) is 0 Å². The molecule has 72 valence electrons. The highest BCUT2D eigenvalue weighted by atomic mass is 16.1. The summed E-state index contributed by atoms with van der Waals surface area (Å²) in [7, 11) is 0. The molecule has 0 aromatic heterocycles. The van der Waals surface area contributed by atoms with E-state index < -0.39 is 0 Å². The van der Waals surface area contributed by atoms with Crippen molar-refractivity contribution < 1.29 is 4.79 Å². The van der Waals surface area contributed by atoms with Crippen molar-refractivity contribution in [3.63, 3.8) is 0 Å². The predicted molar refractivity (Wildman–Crippen MR) is 52.1 cm³/mol. The molecular formula is C10H16N2O. The number of carbonyl (C=O) groups is 1. The molecule has 1 rings (SSSR count). The maximum Gasteiger partial charge on any atom is 0.225 e. The first-order valence-electron chi connectivity index (χ1n) is 4.72. The third-order valence-corrected chi connectivity index (χ3v) is 2.20. The molecule has 3 heteroatoms. The Morgan fingerprint density at radius 3 is 3.15 bits per heavy atom. The molecule has 1 aliphatic rings. The highest BCUT2D eigenvalue weighted by Crippen LogP contribution is 2.09. The first kappa shape index (κ1) is 10.1. The number of amides is 1. The zero-order valence-electron chi connectivity index (χ0n) is 8.02. The number of nitrogens with one attached hydrogen (secondary N) is 2. The summed E-state index contributed by atoms with van der Waals surface area (Å²) in [6, 6.07) is 0. The van der Waals surface area contributed by atoms with E-state index in [0.29, 0.717) is 6.54 Å². The number of rotatable bonds is 2. The molecule has 0 spiro atoms. The van der Waals surface area contributed by atoms with Crippen molar-refractivity contribution in [1.82, 2.24) is 10.6 Å². The number of piperidine rings is 1. The second kappa shape index (κ2) is 5.60. The topological polar surface area (TPSA) is 41.1 Å². The smallest absolute Gasteiger partial charge is 0.225 e. The van der Waals surface area contributed by atoms with E-state index in [1.165, 1.54) is 0 Å². The average Bonchev–Trinajstić information content (AvgIpc) is 2.19. The fourth-order valence-corrected chi connectivity index (χ4v) is 1.44. The monoisotopic (exact) mass is 180 g/mol. The first-order chi connectivity index (χ1) is 6.34. The van der Waals surface area contributed by atoms with Gasteiger partial charge in [0.05, 0.1) is 12.5 Å². The molecule has 1 amide bonds. The molecule has 0 saturated carbocycles. The van der Waals surface area contributed by atoms with Crippen molar-refractivity contribution in [2.75, 3.05) is 19.6 Å². The van der Waals surface area contributed by atoms with E-state index >= 15 is 0 Å². The Kier molecular flexibility index (Phi) is 4.34. The van der Waals surface area contributed by atoms with Gasteiger partial charge in [-0.2, -0.15) is 0 Å². The van der Waals surface area contributed by atoms with Crippen LogP contribution < -0.4 is 10.6 Å². The number of hydrogen-bond donors (Lipinski definition) is 2. The molecule has 0 aliphatic carbocycles. The van der Waals surface area contributed by atoms with Crippen LogP contribution in [-0.2, 0) is 4.79 Å². The molecule has 3 nitrogen and oxygen atoms in total. The minimum absolute atomic E-state index is 0.134. The molecule has 0 aromatic carbocycles. The van der Waals surface area contributed by atoms with Crippen molar-refractivity contribution in [3.8, 4) is 11.8 Å². The maximum atomic E-state index is 11.5. The summed E-state index contributed by atoms with van der Waals surface area (Å²) in [6.45, 7) is 4.10. The summed E-state index contributed by atoms with van der Waals surface area (Å²) < 4.78 is 0. The van der Waals surface area contributed by atoms with Crippen molar-refractivity contribution >= 4 is 5.91 Å². The van der Waals surface area contributed by atoms with E-state index in [-0.39, 0.29) is 11.8 Å². The Balaban J connectivity index is 2.23. The molecule has 0 radical (unpaired) electrons. The van der Waals surface area contributed by atoms with Crippen LogP contribution in [-0.4, -0.2) is 25.5 Å². The number of hydrogen-bond acceptors (Lipinski definition) is 2. The third kappa shape index (κ3) is 3.47. The highest BCUT2D eigenvalue weighted by molar-refractivity contribution is 5.79. The van der Waals surface area contributed by atoms with Crippen LogP contribution in [0.1, 0.15) is 19.8 Å². The van der Waals surface area contributed by atoms with Crippen LogP contribution in [0.15, 0.2) is 0 Å². The molecular weight excluding hydrogens is 164 g/mol. The molecule has 1 saturated heterocycles. The average molecular weight is 180 g/mol. The summed E-state index contributed by atoms with van der Waals surface area (Å²) >= 11 is 0. The molecule has 0 unspecified atom stereocenters.